The Bertz CT molecular complexity index is 417. The van der Waals surface area contributed by atoms with Gasteiger partial charge in [-0.2, -0.15) is 0 Å². The maximum absolute atomic E-state index is 14.7. The van der Waals surface area contributed by atoms with E-state index in [1.54, 1.807) is 37.3 Å². The Morgan fingerprint density at radius 3 is 2.11 bits per heavy atom. The summed E-state index contributed by atoms with van der Waals surface area (Å²) in [5, 5.41) is 9.07. The molecule has 1 rings (SSSR count). The molecule has 1 N–H and O–H groups in total. The first kappa shape index (κ1) is 14.4. The van der Waals surface area contributed by atoms with Crippen LogP contribution in [0.1, 0.15) is 20.8 Å². The van der Waals surface area contributed by atoms with Gasteiger partial charge in [-0.25, -0.2) is 13.6 Å². The lowest BCUT2D eigenvalue weighted by Crippen LogP contribution is -2.62. The smallest absolute Gasteiger partial charge is 0.366 e. The molecule has 0 aliphatic heterocycles. The second-order valence-electron chi connectivity index (χ2n) is 4.48. The van der Waals surface area contributed by atoms with Crippen LogP contribution in [0.2, 0.25) is 0 Å². The number of anilines is 1. The molecule has 0 saturated heterocycles. The minimum atomic E-state index is -3.11. The quantitative estimate of drug-likeness (QED) is 0.824. The Labute approximate surface area is 105 Å². The van der Waals surface area contributed by atoms with Gasteiger partial charge in [-0.3, -0.25) is 0 Å². The predicted molar refractivity (Wildman–Crippen MR) is 66.1 cm³/mol. The van der Waals surface area contributed by atoms with Crippen LogP contribution in [0.5, 0.6) is 0 Å². The Morgan fingerprint density at radius 2 is 1.78 bits per heavy atom. The molecule has 100 valence electrons. The van der Waals surface area contributed by atoms with Crippen LogP contribution in [0.15, 0.2) is 30.3 Å². The lowest BCUT2D eigenvalue weighted by molar-refractivity contribution is -0.161. The van der Waals surface area contributed by atoms with Crippen LogP contribution in [-0.2, 0) is 4.79 Å². The molecule has 0 saturated carbocycles. The van der Waals surface area contributed by atoms with Gasteiger partial charge in [-0.05, 0) is 32.9 Å². The summed E-state index contributed by atoms with van der Waals surface area (Å²) in [6.45, 7) is 3.47. The van der Waals surface area contributed by atoms with E-state index in [2.05, 4.69) is 0 Å². The molecule has 1 aromatic carbocycles. The largest absolute Gasteiger partial charge is 0.477 e. The third-order valence-electron chi connectivity index (χ3n) is 2.83. The zero-order valence-electron chi connectivity index (χ0n) is 10.7. The molecule has 18 heavy (non-hydrogen) atoms. The normalized spacial score (nSPS) is 14.9. The number of hydrogen-bond donors (Lipinski definition) is 1. The number of likely N-dealkylation sites (N-methyl/N-ethyl adjacent to an activating group) is 1. The number of carbonyl (C=O) groups is 1. The van der Waals surface area contributed by atoms with Crippen LogP contribution in [-0.4, -0.2) is 29.1 Å². The van der Waals surface area contributed by atoms with Gasteiger partial charge in [-0.1, -0.05) is 18.2 Å². The Kier molecular flexibility index (Phi) is 3.94. The number of halogens is 2. The van der Waals surface area contributed by atoms with Gasteiger partial charge in [0.1, 0.15) is 0 Å². The predicted octanol–water partition coefficient (Wildman–Crippen LogP) is 3.01. The average Bonchev–Trinajstić information content (AvgIpc) is 2.29. The minimum absolute atomic E-state index is 0.0418. The monoisotopic (exact) mass is 257 g/mol. The van der Waals surface area contributed by atoms with Gasteiger partial charge in [0.2, 0.25) is 0 Å². The summed E-state index contributed by atoms with van der Waals surface area (Å²) in [6.07, 6.45) is 0. The van der Waals surface area contributed by atoms with Crippen LogP contribution < -0.4 is 4.90 Å². The maximum atomic E-state index is 14.7. The number of alkyl halides is 2. The zero-order chi connectivity index (χ0) is 14.0. The second-order valence-corrected chi connectivity index (χ2v) is 4.48. The fourth-order valence-electron chi connectivity index (χ4n) is 1.88. The van der Waals surface area contributed by atoms with E-state index in [-0.39, 0.29) is 6.54 Å². The van der Waals surface area contributed by atoms with Crippen molar-refractivity contribution < 1.29 is 18.7 Å². The van der Waals surface area contributed by atoms with Crippen LogP contribution in [0.4, 0.5) is 14.5 Å². The highest BCUT2D eigenvalue weighted by molar-refractivity contribution is 5.83. The molecule has 0 fully saturated rings. The number of aliphatic carboxylic acids is 1. The molecule has 0 amide bonds. The van der Waals surface area contributed by atoms with Gasteiger partial charge >= 0.3 is 11.8 Å². The summed E-state index contributed by atoms with van der Waals surface area (Å²) in [6, 6.07) is 8.11. The maximum Gasteiger partial charge on any atom is 0.366 e. The SMILES string of the molecule is CCN(c1ccccc1)[C@](F)(C(=O)O)C(C)(C)F. The minimum Gasteiger partial charge on any atom is -0.477 e. The Morgan fingerprint density at radius 1 is 1.28 bits per heavy atom. The molecule has 0 heterocycles. The molecular formula is C13H17F2NO2. The van der Waals surface area contributed by atoms with E-state index in [4.69, 9.17) is 5.11 Å². The molecule has 3 nitrogen and oxygen atoms in total. The standard InChI is InChI=1S/C13H17F2NO2/c1-4-16(10-8-6-5-7-9-10)13(15,11(17)18)12(2,3)14/h5-9H,4H2,1-3H3,(H,17,18)/t13-/m1/s1. The number of nitrogens with zero attached hydrogens (tertiary/aromatic N) is 1. The fraction of sp³-hybridized carbons (Fsp3) is 0.462. The summed E-state index contributed by atoms with van der Waals surface area (Å²) >= 11 is 0. The summed E-state index contributed by atoms with van der Waals surface area (Å²) < 4.78 is 28.7. The third-order valence-corrected chi connectivity index (χ3v) is 2.83. The first-order valence-electron chi connectivity index (χ1n) is 5.69. The molecule has 0 aromatic heterocycles. The van der Waals surface area contributed by atoms with Gasteiger partial charge in [0.05, 0.1) is 0 Å². The molecule has 5 heteroatoms. The van der Waals surface area contributed by atoms with Gasteiger partial charge in [0.15, 0.2) is 5.67 Å². The van der Waals surface area contributed by atoms with Gasteiger partial charge < -0.3 is 10.0 Å². The number of rotatable bonds is 5. The van der Waals surface area contributed by atoms with Crippen molar-refractivity contribution in [3.8, 4) is 0 Å². The summed E-state index contributed by atoms with van der Waals surface area (Å²) in [7, 11) is 0. The Hall–Kier alpha value is -1.65. The van der Waals surface area contributed by atoms with Gasteiger partial charge in [0.25, 0.3) is 0 Å². The van der Waals surface area contributed by atoms with Crippen molar-refractivity contribution >= 4 is 11.7 Å². The van der Waals surface area contributed by atoms with E-state index >= 15 is 0 Å². The summed E-state index contributed by atoms with van der Waals surface area (Å²) in [5.74, 6) is -4.94. The van der Waals surface area contributed by atoms with Crippen molar-refractivity contribution in [2.45, 2.75) is 32.2 Å². The van der Waals surface area contributed by atoms with Crippen LogP contribution in [0.3, 0.4) is 0 Å². The van der Waals surface area contributed by atoms with Gasteiger partial charge in [-0.15, -0.1) is 0 Å². The van der Waals surface area contributed by atoms with Crippen molar-refractivity contribution in [3.63, 3.8) is 0 Å². The van der Waals surface area contributed by atoms with E-state index in [9.17, 15) is 13.6 Å². The highest BCUT2D eigenvalue weighted by atomic mass is 19.2. The summed E-state index contributed by atoms with van der Waals surface area (Å²) in [5.41, 5.74) is -2.21. The van der Waals surface area contributed by atoms with Crippen molar-refractivity contribution in [1.29, 1.82) is 0 Å². The van der Waals surface area contributed by atoms with E-state index in [0.717, 1.165) is 18.7 Å². The van der Waals surface area contributed by atoms with E-state index in [0.29, 0.717) is 5.69 Å². The zero-order valence-corrected chi connectivity index (χ0v) is 10.7. The average molecular weight is 257 g/mol. The van der Waals surface area contributed by atoms with Crippen molar-refractivity contribution in [1.82, 2.24) is 0 Å². The fourth-order valence-corrected chi connectivity index (χ4v) is 1.88. The topological polar surface area (TPSA) is 40.5 Å². The van der Waals surface area contributed by atoms with E-state index < -0.39 is 17.4 Å². The molecule has 0 spiro atoms. The van der Waals surface area contributed by atoms with Crippen molar-refractivity contribution in [3.05, 3.63) is 30.3 Å². The molecule has 1 aromatic rings. The number of carboxylic acid groups (broad SMARTS) is 1. The third kappa shape index (κ3) is 2.30. The molecule has 0 unspecified atom stereocenters. The number of benzene rings is 1. The summed E-state index contributed by atoms with van der Waals surface area (Å²) in [4.78, 5) is 12.1. The van der Waals surface area contributed by atoms with Crippen molar-refractivity contribution in [2.24, 2.45) is 0 Å². The first-order chi connectivity index (χ1) is 8.25. The highest BCUT2D eigenvalue weighted by Crippen LogP contribution is 2.37. The molecular weight excluding hydrogens is 240 g/mol. The highest BCUT2D eigenvalue weighted by Gasteiger charge is 2.58. The molecule has 0 bridgehead atoms. The molecule has 0 aliphatic carbocycles. The number of hydrogen-bond acceptors (Lipinski definition) is 2. The first-order valence-corrected chi connectivity index (χ1v) is 5.69. The van der Waals surface area contributed by atoms with E-state index in [1.165, 1.54) is 0 Å². The van der Waals surface area contributed by atoms with Crippen LogP contribution >= 0.6 is 0 Å². The molecule has 1 atom stereocenters. The van der Waals surface area contributed by atoms with E-state index in [1.807, 2.05) is 0 Å². The molecule has 0 aliphatic rings. The molecule has 0 radical (unpaired) electrons. The lowest BCUT2D eigenvalue weighted by atomic mass is 9.95. The van der Waals surface area contributed by atoms with Gasteiger partial charge in [0, 0.05) is 12.2 Å². The Balaban J connectivity index is 3.32. The number of carboxylic acids is 1. The second kappa shape index (κ2) is 4.92. The van der Waals surface area contributed by atoms with Crippen molar-refractivity contribution in [2.75, 3.05) is 11.4 Å². The lowest BCUT2D eigenvalue weighted by Gasteiger charge is -2.40. The number of para-hydroxylation sites is 1. The van der Waals surface area contributed by atoms with Crippen LogP contribution in [0.25, 0.3) is 0 Å². The van der Waals surface area contributed by atoms with Crippen LogP contribution in [0, 0.1) is 0 Å².